The molecular formula is C17H17F3N2O2. The highest BCUT2D eigenvalue weighted by molar-refractivity contribution is 5.81. The van der Waals surface area contributed by atoms with Gasteiger partial charge in [-0.15, -0.1) is 0 Å². The van der Waals surface area contributed by atoms with E-state index in [2.05, 4.69) is 10.3 Å². The lowest BCUT2D eigenvalue weighted by atomic mass is 10.1. The third kappa shape index (κ3) is 4.71. The highest BCUT2D eigenvalue weighted by atomic mass is 19.4. The fourth-order valence-corrected chi connectivity index (χ4v) is 2.07. The molecule has 0 aliphatic rings. The Kier molecular flexibility index (Phi) is 5.43. The molecular weight excluding hydrogens is 321 g/mol. The highest BCUT2D eigenvalue weighted by Gasteiger charge is 2.31. The number of nitrogens with one attached hydrogen (secondary N) is 1. The van der Waals surface area contributed by atoms with Crippen molar-refractivity contribution in [2.45, 2.75) is 32.2 Å². The van der Waals surface area contributed by atoms with Gasteiger partial charge in [-0.3, -0.25) is 9.78 Å². The summed E-state index contributed by atoms with van der Waals surface area (Å²) in [5.74, 6) is -0.430. The fraction of sp³-hybridized carbons (Fsp3) is 0.294. The first kappa shape index (κ1) is 17.8. The molecule has 2 aromatic rings. The van der Waals surface area contributed by atoms with Crippen LogP contribution in [0.25, 0.3) is 0 Å². The van der Waals surface area contributed by atoms with E-state index in [1.54, 1.807) is 31.5 Å². The predicted octanol–water partition coefficient (Wildman–Crippen LogP) is 3.75. The summed E-state index contributed by atoms with van der Waals surface area (Å²) in [5.41, 5.74) is 0.0439. The number of carbonyl (C=O) groups excluding carboxylic acids is 1. The number of pyridine rings is 1. The maximum atomic E-state index is 12.7. The minimum atomic E-state index is -4.46. The third-order valence-corrected chi connectivity index (χ3v) is 3.41. The summed E-state index contributed by atoms with van der Waals surface area (Å²) in [6.07, 6.45) is -2.17. The van der Waals surface area contributed by atoms with Crippen LogP contribution in [0.5, 0.6) is 5.75 Å². The minimum absolute atomic E-state index is 0.0101. The lowest BCUT2D eigenvalue weighted by molar-refractivity contribution is -0.137. The first-order valence-corrected chi connectivity index (χ1v) is 7.31. The van der Waals surface area contributed by atoms with Crippen molar-refractivity contribution in [2.75, 3.05) is 0 Å². The van der Waals surface area contributed by atoms with Crippen LogP contribution in [0.2, 0.25) is 0 Å². The van der Waals surface area contributed by atoms with Gasteiger partial charge in [-0.1, -0.05) is 6.07 Å². The average Bonchev–Trinajstić information content (AvgIpc) is 2.55. The van der Waals surface area contributed by atoms with Crippen molar-refractivity contribution in [1.82, 2.24) is 10.3 Å². The number of aromatic nitrogens is 1. The van der Waals surface area contributed by atoms with Crippen molar-refractivity contribution in [1.29, 1.82) is 0 Å². The van der Waals surface area contributed by atoms with Crippen molar-refractivity contribution in [3.05, 3.63) is 59.9 Å². The van der Waals surface area contributed by atoms with E-state index in [0.717, 1.165) is 17.7 Å². The summed E-state index contributed by atoms with van der Waals surface area (Å²) in [6, 6.07) is 7.70. The largest absolute Gasteiger partial charge is 0.481 e. The highest BCUT2D eigenvalue weighted by Crippen LogP contribution is 2.31. The first-order chi connectivity index (χ1) is 11.3. The van der Waals surface area contributed by atoms with Gasteiger partial charge in [0.15, 0.2) is 6.10 Å². The monoisotopic (exact) mass is 338 g/mol. The number of rotatable bonds is 5. The molecule has 0 aliphatic heterocycles. The van der Waals surface area contributed by atoms with Crippen LogP contribution in [0.3, 0.4) is 0 Å². The summed E-state index contributed by atoms with van der Waals surface area (Å²) in [7, 11) is 0. The van der Waals surface area contributed by atoms with Gasteiger partial charge in [-0.05, 0) is 49.7 Å². The number of nitrogens with zero attached hydrogens (tertiary/aromatic N) is 1. The second-order valence-corrected chi connectivity index (χ2v) is 5.30. The number of ether oxygens (including phenoxy) is 1. The molecule has 4 nitrogen and oxygen atoms in total. The van der Waals surface area contributed by atoms with Gasteiger partial charge in [0.1, 0.15) is 5.75 Å². The van der Waals surface area contributed by atoms with Crippen molar-refractivity contribution >= 4 is 5.91 Å². The lowest BCUT2D eigenvalue weighted by Crippen LogP contribution is -2.37. The van der Waals surface area contributed by atoms with E-state index in [4.69, 9.17) is 4.74 Å². The van der Waals surface area contributed by atoms with E-state index >= 15 is 0 Å². The molecule has 0 saturated carbocycles. The number of hydrogen-bond acceptors (Lipinski definition) is 3. The molecule has 0 unspecified atom stereocenters. The summed E-state index contributed by atoms with van der Waals surface area (Å²) in [4.78, 5) is 16.0. The normalized spacial score (nSPS) is 13.9. The lowest BCUT2D eigenvalue weighted by Gasteiger charge is -2.19. The Hall–Kier alpha value is -2.57. The molecule has 7 heteroatoms. The van der Waals surface area contributed by atoms with Crippen molar-refractivity contribution in [3.8, 4) is 5.75 Å². The maximum Gasteiger partial charge on any atom is 0.416 e. The molecule has 1 aromatic heterocycles. The molecule has 0 fully saturated rings. The Labute approximate surface area is 137 Å². The van der Waals surface area contributed by atoms with Gasteiger partial charge in [0.2, 0.25) is 0 Å². The first-order valence-electron chi connectivity index (χ1n) is 7.31. The van der Waals surface area contributed by atoms with Crippen LogP contribution < -0.4 is 10.1 Å². The summed E-state index contributed by atoms with van der Waals surface area (Å²) < 4.78 is 43.4. The molecule has 0 radical (unpaired) electrons. The zero-order valence-corrected chi connectivity index (χ0v) is 13.2. The molecule has 1 heterocycles. The van der Waals surface area contributed by atoms with Gasteiger partial charge in [-0.2, -0.15) is 13.2 Å². The van der Waals surface area contributed by atoms with Crippen molar-refractivity contribution in [3.63, 3.8) is 0 Å². The molecule has 0 saturated heterocycles. The zero-order valence-electron chi connectivity index (χ0n) is 13.2. The Morgan fingerprint density at radius 3 is 2.46 bits per heavy atom. The number of hydrogen-bond donors (Lipinski definition) is 1. The summed E-state index contributed by atoms with van der Waals surface area (Å²) in [6.45, 7) is 3.28. The smallest absolute Gasteiger partial charge is 0.416 e. The van der Waals surface area contributed by atoms with Gasteiger partial charge >= 0.3 is 6.18 Å². The number of alkyl halides is 3. The number of amides is 1. The molecule has 0 spiro atoms. The van der Waals surface area contributed by atoms with Crippen LogP contribution in [0.1, 0.15) is 31.0 Å². The quantitative estimate of drug-likeness (QED) is 0.903. The zero-order chi connectivity index (χ0) is 17.7. The molecule has 24 heavy (non-hydrogen) atoms. The Bertz CT molecular complexity index is 690. The van der Waals surface area contributed by atoms with E-state index in [0.29, 0.717) is 0 Å². The van der Waals surface area contributed by atoms with E-state index in [9.17, 15) is 18.0 Å². The van der Waals surface area contributed by atoms with Gasteiger partial charge in [-0.25, -0.2) is 0 Å². The predicted molar refractivity (Wildman–Crippen MR) is 82.3 cm³/mol. The topological polar surface area (TPSA) is 51.2 Å². The minimum Gasteiger partial charge on any atom is -0.481 e. The van der Waals surface area contributed by atoms with Crippen molar-refractivity contribution in [2.24, 2.45) is 0 Å². The van der Waals surface area contributed by atoms with Crippen LogP contribution in [-0.4, -0.2) is 17.0 Å². The Morgan fingerprint density at radius 2 is 1.83 bits per heavy atom. The SMILES string of the molecule is C[C@H](Oc1cccc(C(F)(F)F)c1)C(=O)N[C@H](C)c1ccncc1. The van der Waals surface area contributed by atoms with Crippen LogP contribution in [0.4, 0.5) is 13.2 Å². The van der Waals surface area contributed by atoms with Gasteiger partial charge in [0, 0.05) is 12.4 Å². The third-order valence-electron chi connectivity index (χ3n) is 3.41. The number of halogens is 3. The Morgan fingerprint density at radius 1 is 1.17 bits per heavy atom. The second-order valence-electron chi connectivity index (χ2n) is 5.30. The van der Waals surface area contributed by atoms with E-state index in [1.807, 2.05) is 0 Å². The standard InChI is InChI=1S/C17H17F3N2O2/c1-11(13-6-8-21-9-7-13)22-16(23)12(2)24-15-5-3-4-14(10-15)17(18,19)20/h3-12H,1-2H3,(H,22,23)/t11-,12+/m1/s1. The summed E-state index contributed by atoms with van der Waals surface area (Å²) in [5, 5.41) is 2.75. The number of carbonyl (C=O) groups is 1. The summed E-state index contributed by atoms with van der Waals surface area (Å²) >= 11 is 0. The molecule has 2 atom stereocenters. The molecule has 1 aromatic carbocycles. The van der Waals surface area contributed by atoms with Gasteiger partial charge < -0.3 is 10.1 Å². The Balaban J connectivity index is 1.99. The molecule has 0 aliphatic carbocycles. The van der Waals surface area contributed by atoms with E-state index < -0.39 is 23.8 Å². The molecule has 128 valence electrons. The average molecular weight is 338 g/mol. The van der Waals surface area contributed by atoms with E-state index in [1.165, 1.54) is 19.1 Å². The van der Waals surface area contributed by atoms with Crippen LogP contribution in [-0.2, 0) is 11.0 Å². The van der Waals surface area contributed by atoms with Crippen LogP contribution >= 0.6 is 0 Å². The molecule has 2 rings (SSSR count). The molecule has 1 amide bonds. The van der Waals surface area contributed by atoms with E-state index in [-0.39, 0.29) is 11.8 Å². The molecule has 1 N–H and O–H groups in total. The number of benzene rings is 1. The van der Waals surface area contributed by atoms with Gasteiger partial charge in [0.25, 0.3) is 5.91 Å². The van der Waals surface area contributed by atoms with Crippen LogP contribution in [0.15, 0.2) is 48.8 Å². The van der Waals surface area contributed by atoms with Crippen LogP contribution in [0, 0.1) is 0 Å². The van der Waals surface area contributed by atoms with Gasteiger partial charge in [0.05, 0.1) is 11.6 Å². The molecule has 0 bridgehead atoms. The maximum absolute atomic E-state index is 12.7. The fourth-order valence-electron chi connectivity index (χ4n) is 2.07. The van der Waals surface area contributed by atoms with Crippen molar-refractivity contribution < 1.29 is 22.7 Å². The second kappa shape index (κ2) is 7.33.